The predicted molar refractivity (Wildman–Crippen MR) is 81.4 cm³/mol. The third-order valence-corrected chi connectivity index (χ3v) is 4.24. The maximum absolute atomic E-state index is 12.1. The highest BCUT2D eigenvalue weighted by atomic mass is 16.5. The zero-order chi connectivity index (χ0) is 14.8. The first-order valence-electron chi connectivity index (χ1n) is 7.49. The van der Waals surface area contributed by atoms with Gasteiger partial charge >= 0.3 is 0 Å². The second-order valence-corrected chi connectivity index (χ2v) is 5.76. The fourth-order valence-corrected chi connectivity index (χ4v) is 2.79. The molecule has 0 saturated carbocycles. The molecule has 1 fully saturated rings. The fourth-order valence-electron chi connectivity index (χ4n) is 2.79. The molecule has 1 aliphatic rings. The summed E-state index contributed by atoms with van der Waals surface area (Å²) < 4.78 is 11.1. The van der Waals surface area contributed by atoms with Crippen LogP contribution >= 0.6 is 0 Å². The molecule has 1 N–H and O–H groups in total. The number of furan rings is 1. The fraction of sp³-hybridized carbons (Fsp3) is 0.471. The molecule has 1 amide bonds. The highest BCUT2D eigenvalue weighted by Gasteiger charge is 2.17. The van der Waals surface area contributed by atoms with E-state index >= 15 is 0 Å². The Morgan fingerprint density at radius 3 is 3.00 bits per heavy atom. The molecule has 0 radical (unpaired) electrons. The summed E-state index contributed by atoms with van der Waals surface area (Å²) in [5.74, 6) is 0.0198. The Bertz CT molecular complexity index is 653. The number of rotatable bonds is 4. The van der Waals surface area contributed by atoms with E-state index in [1.54, 1.807) is 6.26 Å². The molecule has 2 aromatic rings. The summed E-state index contributed by atoms with van der Waals surface area (Å²) in [6.07, 6.45) is 4.35. The molecule has 0 spiro atoms. The van der Waals surface area contributed by atoms with Crippen LogP contribution in [0.5, 0.6) is 0 Å². The van der Waals surface area contributed by atoms with Crippen LogP contribution in [0.15, 0.2) is 22.8 Å². The van der Waals surface area contributed by atoms with E-state index in [-0.39, 0.29) is 12.0 Å². The second-order valence-electron chi connectivity index (χ2n) is 5.76. The first kappa shape index (κ1) is 14.1. The molecule has 0 bridgehead atoms. The first-order chi connectivity index (χ1) is 10.1. The van der Waals surface area contributed by atoms with Crippen molar-refractivity contribution in [3.63, 3.8) is 0 Å². The van der Waals surface area contributed by atoms with Crippen LogP contribution in [0.4, 0.5) is 0 Å². The van der Waals surface area contributed by atoms with E-state index in [1.807, 2.05) is 13.0 Å². The monoisotopic (exact) mass is 287 g/mol. The number of carbonyl (C=O) groups is 1. The number of amides is 1. The quantitative estimate of drug-likeness (QED) is 0.940. The van der Waals surface area contributed by atoms with Gasteiger partial charge in [-0.15, -0.1) is 0 Å². The smallest absolute Gasteiger partial charge is 0.224 e. The van der Waals surface area contributed by atoms with E-state index in [0.29, 0.717) is 13.0 Å². The number of benzene rings is 1. The molecule has 4 heteroatoms. The van der Waals surface area contributed by atoms with Gasteiger partial charge in [-0.05, 0) is 37.8 Å². The van der Waals surface area contributed by atoms with Gasteiger partial charge in [0.05, 0.1) is 18.8 Å². The van der Waals surface area contributed by atoms with Gasteiger partial charge in [0.15, 0.2) is 0 Å². The molecule has 1 aromatic heterocycles. The van der Waals surface area contributed by atoms with Gasteiger partial charge in [-0.3, -0.25) is 4.79 Å². The topological polar surface area (TPSA) is 51.5 Å². The van der Waals surface area contributed by atoms with Crippen LogP contribution in [0.2, 0.25) is 0 Å². The van der Waals surface area contributed by atoms with E-state index in [1.165, 1.54) is 5.56 Å². The maximum Gasteiger partial charge on any atom is 0.224 e. The molecule has 1 aromatic carbocycles. The van der Waals surface area contributed by atoms with Gasteiger partial charge in [0, 0.05) is 24.1 Å². The number of nitrogens with one attached hydrogen (secondary N) is 1. The van der Waals surface area contributed by atoms with Gasteiger partial charge in [-0.1, -0.05) is 12.1 Å². The summed E-state index contributed by atoms with van der Waals surface area (Å²) in [4.78, 5) is 12.1. The average Bonchev–Trinajstić information content (AvgIpc) is 3.11. The molecule has 1 saturated heterocycles. The lowest BCUT2D eigenvalue weighted by Crippen LogP contribution is -2.32. The maximum atomic E-state index is 12.1. The van der Waals surface area contributed by atoms with Gasteiger partial charge in [0.25, 0.3) is 0 Å². The lowest BCUT2D eigenvalue weighted by Gasteiger charge is -2.10. The van der Waals surface area contributed by atoms with Crippen molar-refractivity contribution in [3.8, 4) is 0 Å². The third-order valence-electron chi connectivity index (χ3n) is 4.24. The molecule has 112 valence electrons. The zero-order valence-electron chi connectivity index (χ0n) is 12.6. The van der Waals surface area contributed by atoms with E-state index in [0.717, 1.165) is 41.5 Å². The summed E-state index contributed by atoms with van der Waals surface area (Å²) >= 11 is 0. The van der Waals surface area contributed by atoms with Gasteiger partial charge in [0.2, 0.25) is 5.91 Å². The van der Waals surface area contributed by atoms with Crippen molar-refractivity contribution in [1.29, 1.82) is 0 Å². The largest absolute Gasteiger partial charge is 0.464 e. The van der Waals surface area contributed by atoms with Gasteiger partial charge in [-0.25, -0.2) is 0 Å². The van der Waals surface area contributed by atoms with Crippen molar-refractivity contribution in [2.24, 2.45) is 0 Å². The molecule has 1 aliphatic heterocycles. The Morgan fingerprint density at radius 1 is 1.38 bits per heavy atom. The number of carbonyl (C=O) groups excluding carboxylic acids is 1. The molecular weight excluding hydrogens is 266 g/mol. The van der Waals surface area contributed by atoms with E-state index in [2.05, 4.69) is 18.3 Å². The van der Waals surface area contributed by atoms with Crippen LogP contribution in [0, 0.1) is 13.8 Å². The lowest BCUT2D eigenvalue weighted by atomic mass is 10.0. The van der Waals surface area contributed by atoms with Crippen LogP contribution in [0.1, 0.15) is 29.5 Å². The Balaban J connectivity index is 1.67. The SMILES string of the molecule is Cc1ccc2c(CC(=O)NC[C@H]3CCCO3)coc2c1C. The minimum Gasteiger partial charge on any atom is -0.464 e. The summed E-state index contributed by atoms with van der Waals surface area (Å²) in [5, 5.41) is 3.98. The minimum absolute atomic E-state index is 0.0198. The normalized spacial score (nSPS) is 18.3. The van der Waals surface area contributed by atoms with Crippen molar-refractivity contribution in [3.05, 3.63) is 35.1 Å². The molecule has 3 rings (SSSR count). The van der Waals surface area contributed by atoms with Crippen LogP contribution in [0.25, 0.3) is 11.0 Å². The number of hydrogen-bond donors (Lipinski definition) is 1. The minimum atomic E-state index is 0.0198. The number of fused-ring (bicyclic) bond motifs is 1. The first-order valence-corrected chi connectivity index (χ1v) is 7.49. The number of ether oxygens (including phenoxy) is 1. The van der Waals surface area contributed by atoms with E-state index in [4.69, 9.17) is 9.15 Å². The molecule has 1 atom stereocenters. The van der Waals surface area contributed by atoms with Crippen molar-refractivity contribution in [2.45, 2.75) is 39.2 Å². The van der Waals surface area contributed by atoms with Crippen LogP contribution < -0.4 is 5.32 Å². The summed E-state index contributed by atoms with van der Waals surface area (Å²) in [5.41, 5.74) is 4.17. The molecule has 0 unspecified atom stereocenters. The molecule has 0 aliphatic carbocycles. The van der Waals surface area contributed by atoms with Crippen LogP contribution in [0.3, 0.4) is 0 Å². The summed E-state index contributed by atoms with van der Waals surface area (Å²) in [6.45, 7) is 5.52. The van der Waals surface area contributed by atoms with Crippen molar-refractivity contribution in [2.75, 3.05) is 13.2 Å². The molecule has 2 heterocycles. The Kier molecular flexibility index (Phi) is 3.97. The van der Waals surface area contributed by atoms with Gasteiger partial charge in [0.1, 0.15) is 5.58 Å². The summed E-state index contributed by atoms with van der Waals surface area (Å²) in [6, 6.07) is 4.10. The predicted octanol–water partition coefficient (Wildman–Crippen LogP) is 2.89. The highest BCUT2D eigenvalue weighted by molar-refractivity contribution is 5.89. The lowest BCUT2D eigenvalue weighted by molar-refractivity contribution is -0.120. The van der Waals surface area contributed by atoms with E-state index < -0.39 is 0 Å². The number of hydrogen-bond acceptors (Lipinski definition) is 3. The van der Waals surface area contributed by atoms with Crippen LogP contribution in [-0.2, 0) is 16.0 Å². The second kappa shape index (κ2) is 5.90. The Labute approximate surface area is 124 Å². The van der Waals surface area contributed by atoms with Crippen molar-refractivity contribution < 1.29 is 13.9 Å². The molecular formula is C17H21NO3. The van der Waals surface area contributed by atoms with Crippen molar-refractivity contribution in [1.82, 2.24) is 5.32 Å². The van der Waals surface area contributed by atoms with Gasteiger partial charge < -0.3 is 14.5 Å². The molecule has 21 heavy (non-hydrogen) atoms. The highest BCUT2D eigenvalue weighted by Crippen LogP contribution is 2.26. The summed E-state index contributed by atoms with van der Waals surface area (Å²) in [7, 11) is 0. The third kappa shape index (κ3) is 2.95. The zero-order valence-corrected chi connectivity index (χ0v) is 12.6. The Hall–Kier alpha value is -1.81. The molecule has 4 nitrogen and oxygen atoms in total. The standard InChI is InChI=1S/C17H21NO3/c1-11-5-6-15-13(10-21-17(15)12(11)2)8-16(19)18-9-14-4-3-7-20-14/h5-6,10,14H,3-4,7-9H2,1-2H3,(H,18,19)/t14-/m1/s1. The average molecular weight is 287 g/mol. The number of aryl methyl sites for hydroxylation is 2. The van der Waals surface area contributed by atoms with Crippen LogP contribution in [-0.4, -0.2) is 25.2 Å². The van der Waals surface area contributed by atoms with Crippen molar-refractivity contribution >= 4 is 16.9 Å². The van der Waals surface area contributed by atoms with E-state index in [9.17, 15) is 4.79 Å². The Morgan fingerprint density at radius 2 is 2.24 bits per heavy atom. The van der Waals surface area contributed by atoms with Gasteiger partial charge in [-0.2, -0.15) is 0 Å².